The Morgan fingerprint density at radius 2 is 2.00 bits per heavy atom. The molecular weight excluding hydrogens is 394 g/mol. The number of guanidine groups is 1. The first-order valence-electron chi connectivity index (χ1n) is 10.5. The minimum absolute atomic E-state index is 0.0816. The van der Waals surface area contributed by atoms with Crippen LogP contribution in [0.3, 0.4) is 0 Å². The molecule has 31 heavy (non-hydrogen) atoms. The molecule has 2 aromatic carbocycles. The highest BCUT2D eigenvalue weighted by molar-refractivity contribution is 5.97. The van der Waals surface area contributed by atoms with E-state index < -0.39 is 0 Å². The minimum Gasteiger partial charge on any atom is -0.488 e. The van der Waals surface area contributed by atoms with E-state index in [9.17, 15) is 9.59 Å². The predicted molar refractivity (Wildman–Crippen MR) is 118 cm³/mol. The molecule has 8 nitrogen and oxygen atoms in total. The van der Waals surface area contributed by atoms with E-state index in [1.807, 2.05) is 30.3 Å². The number of benzene rings is 2. The quantitative estimate of drug-likeness (QED) is 0.493. The van der Waals surface area contributed by atoms with E-state index in [1.54, 1.807) is 24.1 Å². The van der Waals surface area contributed by atoms with Gasteiger partial charge in [0.1, 0.15) is 11.9 Å². The van der Waals surface area contributed by atoms with Gasteiger partial charge in [-0.05, 0) is 29.3 Å². The van der Waals surface area contributed by atoms with Crippen molar-refractivity contribution >= 4 is 17.8 Å². The molecule has 0 aromatic heterocycles. The van der Waals surface area contributed by atoms with Crippen molar-refractivity contribution in [1.82, 2.24) is 20.9 Å². The molecule has 2 amide bonds. The summed E-state index contributed by atoms with van der Waals surface area (Å²) >= 11 is 0. The molecular formula is C23H27N5O3. The third-order valence-corrected chi connectivity index (χ3v) is 5.42. The predicted octanol–water partition coefficient (Wildman–Crippen LogP) is 0.927. The van der Waals surface area contributed by atoms with Crippen molar-refractivity contribution in [1.29, 1.82) is 0 Å². The summed E-state index contributed by atoms with van der Waals surface area (Å²) in [6, 6.07) is 15.5. The van der Waals surface area contributed by atoms with Crippen LogP contribution in [0.5, 0.6) is 5.75 Å². The van der Waals surface area contributed by atoms with Crippen LogP contribution in [0.2, 0.25) is 0 Å². The molecule has 1 unspecified atom stereocenters. The van der Waals surface area contributed by atoms with Crippen molar-refractivity contribution in [3.63, 3.8) is 0 Å². The van der Waals surface area contributed by atoms with Gasteiger partial charge in [0.05, 0.1) is 13.1 Å². The van der Waals surface area contributed by atoms with Crippen LogP contribution < -0.4 is 20.7 Å². The molecule has 3 N–H and O–H groups in total. The Morgan fingerprint density at radius 1 is 1.19 bits per heavy atom. The molecule has 1 fully saturated rings. The number of piperazine rings is 1. The SMILES string of the molecule is CN=C(NCc1ccc(C(=O)N2CCNC(=O)C2)cc1)NCC1Cc2ccccc2O1. The summed E-state index contributed by atoms with van der Waals surface area (Å²) in [5.41, 5.74) is 2.84. The van der Waals surface area contributed by atoms with Gasteiger partial charge in [-0.1, -0.05) is 30.3 Å². The van der Waals surface area contributed by atoms with E-state index in [0.29, 0.717) is 37.7 Å². The smallest absolute Gasteiger partial charge is 0.254 e. The van der Waals surface area contributed by atoms with E-state index in [4.69, 9.17) is 4.74 Å². The van der Waals surface area contributed by atoms with E-state index in [1.165, 1.54) is 5.56 Å². The number of rotatable bonds is 5. The number of fused-ring (bicyclic) bond motifs is 1. The molecule has 2 heterocycles. The van der Waals surface area contributed by atoms with Crippen LogP contribution >= 0.6 is 0 Å². The summed E-state index contributed by atoms with van der Waals surface area (Å²) < 4.78 is 5.95. The lowest BCUT2D eigenvalue weighted by molar-refractivity contribution is -0.123. The van der Waals surface area contributed by atoms with E-state index in [0.717, 1.165) is 17.7 Å². The number of hydrogen-bond acceptors (Lipinski definition) is 4. The Labute approximate surface area is 181 Å². The Kier molecular flexibility index (Phi) is 6.35. The fraction of sp³-hybridized carbons (Fsp3) is 0.348. The lowest BCUT2D eigenvalue weighted by Gasteiger charge is -2.26. The number of amides is 2. The molecule has 2 aromatic rings. The largest absolute Gasteiger partial charge is 0.488 e. The zero-order valence-corrected chi connectivity index (χ0v) is 17.6. The van der Waals surface area contributed by atoms with Crippen LogP contribution in [-0.2, 0) is 17.8 Å². The van der Waals surface area contributed by atoms with Gasteiger partial charge in [0.15, 0.2) is 5.96 Å². The van der Waals surface area contributed by atoms with Crippen molar-refractivity contribution in [3.8, 4) is 5.75 Å². The minimum atomic E-state index is -0.121. The molecule has 0 radical (unpaired) electrons. The lowest BCUT2D eigenvalue weighted by atomic mass is 10.1. The molecule has 0 bridgehead atoms. The highest BCUT2D eigenvalue weighted by atomic mass is 16.5. The molecule has 2 aliphatic heterocycles. The third kappa shape index (κ3) is 5.14. The lowest BCUT2D eigenvalue weighted by Crippen LogP contribution is -2.49. The second-order valence-corrected chi connectivity index (χ2v) is 7.63. The number of para-hydroxylation sites is 1. The van der Waals surface area contributed by atoms with Gasteiger partial charge in [0, 0.05) is 38.7 Å². The molecule has 0 saturated carbocycles. The van der Waals surface area contributed by atoms with Gasteiger partial charge in [-0.25, -0.2) is 0 Å². The number of carbonyl (C=O) groups is 2. The zero-order valence-electron chi connectivity index (χ0n) is 17.6. The van der Waals surface area contributed by atoms with Crippen molar-refractivity contribution in [2.24, 2.45) is 4.99 Å². The van der Waals surface area contributed by atoms with Crippen LogP contribution in [-0.4, -0.2) is 62.0 Å². The molecule has 4 rings (SSSR count). The topological polar surface area (TPSA) is 95.1 Å². The summed E-state index contributed by atoms with van der Waals surface area (Å²) in [6.45, 7) is 2.37. The van der Waals surface area contributed by atoms with E-state index >= 15 is 0 Å². The van der Waals surface area contributed by atoms with Gasteiger partial charge in [-0.15, -0.1) is 0 Å². The summed E-state index contributed by atoms with van der Waals surface area (Å²) in [4.78, 5) is 29.9. The van der Waals surface area contributed by atoms with Crippen LogP contribution in [0, 0.1) is 0 Å². The number of carbonyl (C=O) groups excluding carboxylic acids is 2. The fourth-order valence-electron chi connectivity index (χ4n) is 3.74. The van der Waals surface area contributed by atoms with Crippen molar-refractivity contribution in [2.75, 3.05) is 33.2 Å². The Bertz CT molecular complexity index is 948. The highest BCUT2D eigenvalue weighted by Gasteiger charge is 2.23. The molecule has 1 atom stereocenters. The van der Waals surface area contributed by atoms with Crippen molar-refractivity contribution in [3.05, 3.63) is 65.2 Å². The van der Waals surface area contributed by atoms with Gasteiger partial charge >= 0.3 is 0 Å². The fourth-order valence-corrected chi connectivity index (χ4v) is 3.74. The maximum absolute atomic E-state index is 12.6. The number of ether oxygens (including phenoxy) is 1. The first-order valence-corrected chi connectivity index (χ1v) is 10.5. The van der Waals surface area contributed by atoms with Crippen molar-refractivity contribution < 1.29 is 14.3 Å². The van der Waals surface area contributed by atoms with Gasteiger partial charge in [-0.2, -0.15) is 0 Å². The van der Waals surface area contributed by atoms with E-state index in [-0.39, 0.29) is 24.5 Å². The van der Waals surface area contributed by atoms with Crippen LogP contribution in [0.15, 0.2) is 53.5 Å². The number of nitrogens with one attached hydrogen (secondary N) is 3. The zero-order chi connectivity index (χ0) is 21.6. The van der Waals surface area contributed by atoms with Crippen LogP contribution in [0.4, 0.5) is 0 Å². The maximum atomic E-state index is 12.6. The molecule has 2 aliphatic rings. The Morgan fingerprint density at radius 3 is 2.74 bits per heavy atom. The normalized spacial score (nSPS) is 18.1. The van der Waals surface area contributed by atoms with Crippen LogP contribution in [0.25, 0.3) is 0 Å². The summed E-state index contributed by atoms with van der Waals surface area (Å²) in [7, 11) is 1.73. The Balaban J connectivity index is 1.24. The first-order chi connectivity index (χ1) is 15.1. The molecule has 1 saturated heterocycles. The third-order valence-electron chi connectivity index (χ3n) is 5.42. The molecule has 0 aliphatic carbocycles. The molecule has 162 valence electrons. The average Bonchev–Trinajstić information content (AvgIpc) is 3.22. The summed E-state index contributed by atoms with van der Waals surface area (Å²) in [6.07, 6.45) is 0.965. The van der Waals surface area contributed by atoms with E-state index in [2.05, 4.69) is 27.0 Å². The second-order valence-electron chi connectivity index (χ2n) is 7.63. The number of aliphatic imine (C=N–C) groups is 1. The van der Waals surface area contributed by atoms with Gasteiger partial charge in [-0.3, -0.25) is 14.6 Å². The van der Waals surface area contributed by atoms with Gasteiger partial charge in [0.2, 0.25) is 5.91 Å². The second kappa shape index (κ2) is 9.51. The summed E-state index contributed by atoms with van der Waals surface area (Å²) in [5.74, 6) is 1.41. The monoisotopic (exact) mass is 421 g/mol. The first kappa shape index (κ1) is 20.7. The van der Waals surface area contributed by atoms with Crippen LogP contribution in [0.1, 0.15) is 21.5 Å². The highest BCUT2D eigenvalue weighted by Crippen LogP contribution is 2.27. The average molecular weight is 422 g/mol. The number of hydrogen-bond donors (Lipinski definition) is 3. The molecule has 8 heteroatoms. The number of nitrogens with zero attached hydrogens (tertiary/aromatic N) is 2. The van der Waals surface area contributed by atoms with Gasteiger partial charge < -0.3 is 25.6 Å². The molecule has 0 spiro atoms. The maximum Gasteiger partial charge on any atom is 0.254 e. The summed E-state index contributed by atoms with van der Waals surface area (Å²) in [5, 5.41) is 9.32. The Hall–Kier alpha value is -3.55. The standard InChI is InChI=1S/C23H27N5O3/c1-24-23(27-14-19-12-18-4-2-3-5-20(18)31-19)26-13-16-6-8-17(9-7-16)22(30)28-11-10-25-21(29)15-28/h2-9,19H,10-15H2,1H3,(H,25,29)(H2,24,26,27). The van der Waals surface area contributed by atoms with Crippen molar-refractivity contribution in [2.45, 2.75) is 19.1 Å². The van der Waals surface area contributed by atoms with Gasteiger partial charge in [0.25, 0.3) is 5.91 Å².